The van der Waals surface area contributed by atoms with Gasteiger partial charge >= 0.3 is 11.9 Å². The summed E-state index contributed by atoms with van der Waals surface area (Å²) >= 11 is 0. The van der Waals surface area contributed by atoms with Gasteiger partial charge in [-0.05, 0) is 12.8 Å². The van der Waals surface area contributed by atoms with E-state index >= 15 is 0 Å². The molecule has 2 rings (SSSR count). The molecule has 92 valence electrons. The fourth-order valence-electron chi connectivity index (χ4n) is 1.31. The highest BCUT2D eigenvalue weighted by Gasteiger charge is 2.43. The van der Waals surface area contributed by atoms with Gasteiger partial charge in [0.15, 0.2) is 11.3 Å². The van der Waals surface area contributed by atoms with Crippen LogP contribution < -0.4 is 4.74 Å². The van der Waals surface area contributed by atoms with Crippen molar-refractivity contribution in [3.8, 4) is 5.75 Å². The first-order valence-corrected chi connectivity index (χ1v) is 4.76. The van der Waals surface area contributed by atoms with Crippen LogP contribution in [0.4, 0.5) is 18.9 Å². The van der Waals surface area contributed by atoms with Crippen LogP contribution in [0, 0.1) is 10.1 Å². The van der Waals surface area contributed by atoms with Gasteiger partial charge in [-0.15, -0.1) is 0 Å². The molecule has 0 unspecified atom stereocenters. The van der Waals surface area contributed by atoms with E-state index in [9.17, 15) is 23.3 Å². The van der Waals surface area contributed by atoms with Gasteiger partial charge in [0.2, 0.25) is 0 Å². The van der Waals surface area contributed by atoms with E-state index in [0.717, 1.165) is 6.20 Å². The van der Waals surface area contributed by atoms with Gasteiger partial charge in [-0.3, -0.25) is 15.1 Å². The van der Waals surface area contributed by atoms with Crippen LogP contribution in [-0.2, 0) is 6.18 Å². The lowest BCUT2D eigenvalue weighted by molar-refractivity contribution is -0.388. The molecule has 1 fully saturated rings. The number of pyridine rings is 1. The largest absolute Gasteiger partial charge is 0.488 e. The van der Waals surface area contributed by atoms with Crippen molar-refractivity contribution in [3.05, 3.63) is 28.1 Å². The lowest BCUT2D eigenvalue weighted by Gasteiger charge is -2.12. The summed E-state index contributed by atoms with van der Waals surface area (Å²) in [6.07, 6.45) is -2.40. The van der Waals surface area contributed by atoms with Gasteiger partial charge in [-0.1, -0.05) is 0 Å². The zero-order chi connectivity index (χ0) is 12.6. The number of hydrogen-bond donors (Lipinski definition) is 0. The molecule has 0 spiro atoms. The van der Waals surface area contributed by atoms with Crippen LogP contribution in [-0.4, -0.2) is 16.0 Å². The highest BCUT2D eigenvalue weighted by molar-refractivity contribution is 5.48. The van der Waals surface area contributed by atoms with Crippen molar-refractivity contribution in [2.24, 2.45) is 0 Å². The van der Waals surface area contributed by atoms with Gasteiger partial charge in [0, 0.05) is 0 Å². The summed E-state index contributed by atoms with van der Waals surface area (Å²) < 4.78 is 43.2. The number of rotatable bonds is 3. The van der Waals surface area contributed by atoms with Crippen LogP contribution >= 0.6 is 0 Å². The molecular weight excluding hydrogens is 241 g/mol. The second-order valence-electron chi connectivity index (χ2n) is 3.60. The van der Waals surface area contributed by atoms with Crippen molar-refractivity contribution < 1.29 is 22.8 Å². The second-order valence-corrected chi connectivity index (χ2v) is 3.60. The number of halogens is 3. The summed E-state index contributed by atoms with van der Waals surface area (Å²) in [5.74, 6) is -0.575. The summed E-state index contributed by atoms with van der Waals surface area (Å²) in [5, 5.41) is 10.5. The summed E-state index contributed by atoms with van der Waals surface area (Å²) in [4.78, 5) is 12.8. The summed E-state index contributed by atoms with van der Waals surface area (Å²) in [6.45, 7) is 0. The molecule has 5 nitrogen and oxygen atoms in total. The van der Waals surface area contributed by atoms with E-state index in [4.69, 9.17) is 4.74 Å². The Labute approximate surface area is 93.4 Å². The number of aromatic nitrogens is 1. The fourth-order valence-corrected chi connectivity index (χ4v) is 1.31. The Morgan fingerprint density at radius 1 is 1.41 bits per heavy atom. The van der Waals surface area contributed by atoms with Gasteiger partial charge in [-0.25, -0.2) is 0 Å². The van der Waals surface area contributed by atoms with E-state index in [1.54, 1.807) is 0 Å². The minimum Gasteiger partial charge on any atom is -0.488 e. The van der Waals surface area contributed by atoms with Crippen molar-refractivity contribution in [2.75, 3.05) is 0 Å². The van der Waals surface area contributed by atoms with Crippen LogP contribution in [0.25, 0.3) is 0 Å². The first kappa shape index (κ1) is 11.6. The molecule has 0 atom stereocenters. The number of hydrogen-bond acceptors (Lipinski definition) is 4. The number of ether oxygens (including phenoxy) is 1. The van der Waals surface area contributed by atoms with E-state index in [-0.39, 0.29) is 6.10 Å². The number of alkyl halides is 3. The molecule has 8 heteroatoms. The monoisotopic (exact) mass is 248 g/mol. The van der Waals surface area contributed by atoms with E-state index in [1.807, 2.05) is 0 Å². The Balaban J connectivity index is 2.49. The molecule has 0 saturated heterocycles. The lowest BCUT2D eigenvalue weighted by atomic mass is 10.2. The number of nitro groups is 1. The highest BCUT2D eigenvalue weighted by Crippen LogP contribution is 2.43. The molecule has 0 N–H and O–H groups in total. The van der Waals surface area contributed by atoms with Gasteiger partial charge < -0.3 is 4.74 Å². The third-order valence-electron chi connectivity index (χ3n) is 2.19. The van der Waals surface area contributed by atoms with Gasteiger partial charge in [-0.2, -0.15) is 13.2 Å². The first-order chi connectivity index (χ1) is 7.89. The van der Waals surface area contributed by atoms with Crippen LogP contribution in [0.2, 0.25) is 0 Å². The summed E-state index contributed by atoms with van der Waals surface area (Å²) in [7, 11) is 0. The van der Waals surface area contributed by atoms with E-state index in [1.165, 1.54) is 0 Å². The Hall–Kier alpha value is -1.86. The van der Waals surface area contributed by atoms with Crippen LogP contribution in [0.5, 0.6) is 5.75 Å². The molecule has 1 aromatic heterocycles. The van der Waals surface area contributed by atoms with Gasteiger partial charge in [0.1, 0.15) is 6.20 Å². The van der Waals surface area contributed by atoms with Crippen LogP contribution in [0.1, 0.15) is 18.4 Å². The highest BCUT2D eigenvalue weighted by atomic mass is 19.4. The van der Waals surface area contributed by atoms with Gasteiger partial charge in [0.25, 0.3) is 0 Å². The average molecular weight is 248 g/mol. The Morgan fingerprint density at radius 3 is 2.53 bits per heavy atom. The quantitative estimate of drug-likeness (QED) is 0.609. The lowest BCUT2D eigenvalue weighted by Crippen LogP contribution is -2.13. The molecule has 1 aliphatic carbocycles. The number of nitrogens with zero attached hydrogens (tertiary/aromatic N) is 2. The van der Waals surface area contributed by atoms with Crippen LogP contribution in [0.3, 0.4) is 0 Å². The normalized spacial score (nSPS) is 15.7. The SMILES string of the molecule is O=[N+]([O-])c1cncc(OC2CC2)c1C(F)(F)F. The fraction of sp³-hybridized carbons (Fsp3) is 0.444. The smallest absolute Gasteiger partial charge is 0.426 e. The molecule has 1 aromatic rings. The Bertz CT molecular complexity index is 457. The third-order valence-corrected chi connectivity index (χ3v) is 2.19. The van der Waals surface area contributed by atoms with Crippen molar-refractivity contribution in [2.45, 2.75) is 25.1 Å². The minimum atomic E-state index is -4.84. The zero-order valence-corrected chi connectivity index (χ0v) is 8.40. The molecule has 17 heavy (non-hydrogen) atoms. The molecule has 0 aliphatic heterocycles. The molecule has 0 amide bonds. The van der Waals surface area contributed by atoms with E-state index in [2.05, 4.69) is 4.98 Å². The Kier molecular flexibility index (Phi) is 2.64. The maximum atomic E-state index is 12.7. The molecule has 0 bridgehead atoms. The maximum absolute atomic E-state index is 12.7. The average Bonchev–Trinajstić information content (AvgIpc) is 2.99. The van der Waals surface area contributed by atoms with E-state index in [0.29, 0.717) is 19.0 Å². The molecule has 1 aliphatic rings. The maximum Gasteiger partial charge on any atom is 0.426 e. The predicted molar refractivity (Wildman–Crippen MR) is 49.5 cm³/mol. The zero-order valence-electron chi connectivity index (χ0n) is 8.40. The molecule has 0 aromatic carbocycles. The van der Waals surface area contributed by atoms with Crippen molar-refractivity contribution in [3.63, 3.8) is 0 Å². The molecule has 0 radical (unpaired) electrons. The predicted octanol–water partition coefficient (Wildman–Crippen LogP) is 2.55. The van der Waals surface area contributed by atoms with Crippen LogP contribution in [0.15, 0.2) is 12.4 Å². The molecule has 1 saturated carbocycles. The van der Waals surface area contributed by atoms with Gasteiger partial charge in [0.05, 0.1) is 17.2 Å². The summed E-state index contributed by atoms with van der Waals surface area (Å²) in [6, 6.07) is 0. The first-order valence-electron chi connectivity index (χ1n) is 4.76. The minimum absolute atomic E-state index is 0.292. The summed E-state index contributed by atoms with van der Waals surface area (Å²) in [5.41, 5.74) is -2.46. The Morgan fingerprint density at radius 2 is 2.06 bits per heavy atom. The molecule has 1 heterocycles. The van der Waals surface area contributed by atoms with Crippen molar-refractivity contribution in [1.29, 1.82) is 0 Å². The van der Waals surface area contributed by atoms with Crippen molar-refractivity contribution in [1.82, 2.24) is 4.98 Å². The second kappa shape index (κ2) is 3.86. The molecular formula is C9H7F3N2O3. The third kappa shape index (κ3) is 2.45. The standard InChI is InChI=1S/C9H7F3N2O3/c10-9(11,12)8-6(14(15)16)3-13-4-7(8)17-5-1-2-5/h3-5H,1-2H2. The van der Waals surface area contributed by atoms with Crippen molar-refractivity contribution >= 4 is 5.69 Å². The topological polar surface area (TPSA) is 65.3 Å². The van der Waals surface area contributed by atoms with E-state index < -0.39 is 28.1 Å².